The number of ether oxygens (including phenoxy) is 1. The van der Waals surface area contributed by atoms with Gasteiger partial charge in [0.25, 0.3) is 5.91 Å². The van der Waals surface area contributed by atoms with Gasteiger partial charge in [-0.05, 0) is 49.2 Å². The number of imidazole rings is 1. The van der Waals surface area contributed by atoms with Crippen molar-refractivity contribution in [2.24, 2.45) is 0 Å². The summed E-state index contributed by atoms with van der Waals surface area (Å²) < 4.78 is 7.67. The molecule has 5 heteroatoms. The zero-order valence-corrected chi connectivity index (χ0v) is 15.1. The fourth-order valence-electron chi connectivity index (χ4n) is 2.64. The van der Waals surface area contributed by atoms with E-state index < -0.39 is 0 Å². The molecule has 0 atom stereocenters. The van der Waals surface area contributed by atoms with Crippen LogP contribution in [-0.2, 0) is 13.1 Å². The summed E-state index contributed by atoms with van der Waals surface area (Å²) in [5.74, 6) is 0.727. The van der Waals surface area contributed by atoms with Crippen LogP contribution in [0.1, 0.15) is 35.3 Å². The van der Waals surface area contributed by atoms with Crippen LogP contribution in [0.25, 0.3) is 0 Å². The molecule has 1 amide bonds. The summed E-state index contributed by atoms with van der Waals surface area (Å²) >= 11 is 0. The van der Waals surface area contributed by atoms with Crippen LogP contribution in [0.2, 0.25) is 0 Å². The molecule has 0 saturated heterocycles. The van der Waals surface area contributed by atoms with Gasteiger partial charge in [-0.1, -0.05) is 24.3 Å². The molecular formula is C21H23N3O2. The average molecular weight is 349 g/mol. The minimum atomic E-state index is -0.0886. The zero-order chi connectivity index (χ0) is 18.4. The van der Waals surface area contributed by atoms with Gasteiger partial charge in [-0.25, -0.2) is 4.98 Å². The number of amides is 1. The Labute approximate surface area is 153 Å². The Morgan fingerprint density at radius 2 is 1.96 bits per heavy atom. The molecule has 0 aliphatic carbocycles. The van der Waals surface area contributed by atoms with E-state index >= 15 is 0 Å². The van der Waals surface area contributed by atoms with Gasteiger partial charge < -0.3 is 14.6 Å². The van der Waals surface area contributed by atoms with E-state index in [1.807, 2.05) is 73.1 Å². The maximum atomic E-state index is 12.4. The van der Waals surface area contributed by atoms with Crippen molar-refractivity contribution in [3.63, 3.8) is 0 Å². The Morgan fingerprint density at radius 3 is 2.65 bits per heavy atom. The summed E-state index contributed by atoms with van der Waals surface area (Å²) in [6, 6.07) is 15.4. The molecule has 0 unspecified atom stereocenters. The lowest BCUT2D eigenvalue weighted by molar-refractivity contribution is 0.0951. The van der Waals surface area contributed by atoms with Crippen molar-refractivity contribution in [2.75, 3.05) is 0 Å². The highest BCUT2D eigenvalue weighted by atomic mass is 16.5. The molecule has 26 heavy (non-hydrogen) atoms. The zero-order valence-electron chi connectivity index (χ0n) is 15.1. The maximum absolute atomic E-state index is 12.4. The van der Waals surface area contributed by atoms with Crippen LogP contribution in [-0.4, -0.2) is 21.6 Å². The van der Waals surface area contributed by atoms with Crippen molar-refractivity contribution < 1.29 is 9.53 Å². The quantitative estimate of drug-likeness (QED) is 0.708. The second-order valence-electron chi connectivity index (χ2n) is 6.43. The number of aromatic nitrogens is 2. The largest absolute Gasteiger partial charge is 0.491 e. The fourth-order valence-corrected chi connectivity index (χ4v) is 2.64. The third-order valence-corrected chi connectivity index (χ3v) is 3.86. The topological polar surface area (TPSA) is 56.1 Å². The van der Waals surface area contributed by atoms with E-state index in [4.69, 9.17) is 4.74 Å². The van der Waals surface area contributed by atoms with E-state index in [0.717, 1.165) is 23.4 Å². The Balaban J connectivity index is 1.56. The van der Waals surface area contributed by atoms with Crippen molar-refractivity contribution >= 4 is 5.91 Å². The van der Waals surface area contributed by atoms with E-state index in [1.54, 1.807) is 12.5 Å². The van der Waals surface area contributed by atoms with Gasteiger partial charge in [0.1, 0.15) is 5.75 Å². The molecule has 0 fully saturated rings. The molecule has 0 spiro atoms. The maximum Gasteiger partial charge on any atom is 0.251 e. The van der Waals surface area contributed by atoms with Crippen molar-refractivity contribution in [1.29, 1.82) is 0 Å². The number of rotatable bonds is 7. The molecule has 0 radical (unpaired) electrons. The first kappa shape index (κ1) is 17.7. The van der Waals surface area contributed by atoms with Crippen LogP contribution in [0, 0.1) is 0 Å². The van der Waals surface area contributed by atoms with E-state index in [9.17, 15) is 4.79 Å². The van der Waals surface area contributed by atoms with E-state index in [1.165, 1.54) is 0 Å². The predicted molar refractivity (Wildman–Crippen MR) is 101 cm³/mol. The molecule has 0 aliphatic heterocycles. The number of carbonyl (C=O) groups excluding carboxylic acids is 1. The SMILES string of the molecule is CC(C)Oc1cccc(CNC(=O)c2ccc(Cn3ccnc3)cc2)c1. The summed E-state index contributed by atoms with van der Waals surface area (Å²) in [5, 5.41) is 2.95. The van der Waals surface area contributed by atoms with Crippen molar-refractivity contribution in [1.82, 2.24) is 14.9 Å². The molecule has 1 heterocycles. The fraction of sp³-hybridized carbons (Fsp3) is 0.238. The summed E-state index contributed by atoms with van der Waals surface area (Å²) in [6.45, 7) is 5.19. The van der Waals surface area contributed by atoms with Gasteiger partial charge in [-0.3, -0.25) is 4.79 Å². The van der Waals surface area contributed by atoms with E-state index in [0.29, 0.717) is 12.1 Å². The lowest BCUT2D eigenvalue weighted by atomic mass is 10.1. The Morgan fingerprint density at radius 1 is 1.15 bits per heavy atom. The number of hydrogen-bond acceptors (Lipinski definition) is 3. The molecule has 5 nitrogen and oxygen atoms in total. The number of benzene rings is 2. The highest BCUT2D eigenvalue weighted by molar-refractivity contribution is 5.94. The smallest absolute Gasteiger partial charge is 0.251 e. The van der Waals surface area contributed by atoms with Crippen LogP contribution >= 0.6 is 0 Å². The Kier molecular flexibility index (Phi) is 5.69. The summed E-state index contributed by atoms with van der Waals surface area (Å²) in [4.78, 5) is 16.4. The normalized spacial score (nSPS) is 10.7. The molecule has 2 aromatic carbocycles. The van der Waals surface area contributed by atoms with Gasteiger partial charge in [0.05, 0.1) is 12.4 Å². The number of hydrogen-bond donors (Lipinski definition) is 1. The highest BCUT2D eigenvalue weighted by Crippen LogP contribution is 2.15. The minimum Gasteiger partial charge on any atom is -0.491 e. The molecule has 0 bridgehead atoms. The summed E-state index contributed by atoms with van der Waals surface area (Å²) in [6.07, 6.45) is 5.57. The molecule has 0 aliphatic rings. The predicted octanol–water partition coefficient (Wildman–Crippen LogP) is 3.65. The highest BCUT2D eigenvalue weighted by Gasteiger charge is 2.06. The first-order valence-corrected chi connectivity index (χ1v) is 8.68. The van der Waals surface area contributed by atoms with Gasteiger partial charge >= 0.3 is 0 Å². The van der Waals surface area contributed by atoms with Gasteiger partial charge in [0.2, 0.25) is 0 Å². The average Bonchev–Trinajstić information content (AvgIpc) is 3.13. The lowest BCUT2D eigenvalue weighted by Crippen LogP contribution is -2.22. The van der Waals surface area contributed by atoms with Crippen LogP contribution in [0.4, 0.5) is 0 Å². The number of nitrogens with zero attached hydrogens (tertiary/aromatic N) is 2. The standard InChI is InChI=1S/C21H23N3O2/c1-16(2)26-20-5-3-4-18(12-20)13-23-21(25)19-8-6-17(7-9-19)14-24-11-10-22-15-24/h3-12,15-16H,13-14H2,1-2H3,(H,23,25). The Bertz CT molecular complexity index is 840. The van der Waals surface area contributed by atoms with Crippen LogP contribution in [0.15, 0.2) is 67.3 Å². The van der Waals surface area contributed by atoms with Crippen molar-refractivity contribution in [3.8, 4) is 5.75 Å². The van der Waals surface area contributed by atoms with Gasteiger partial charge in [0.15, 0.2) is 0 Å². The molecule has 3 rings (SSSR count). The molecule has 134 valence electrons. The summed E-state index contributed by atoms with van der Waals surface area (Å²) in [5.41, 5.74) is 2.78. The lowest BCUT2D eigenvalue weighted by Gasteiger charge is -2.11. The van der Waals surface area contributed by atoms with Crippen LogP contribution in [0.5, 0.6) is 5.75 Å². The molecule has 1 N–H and O–H groups in total. The molecular weight excluding hydrogens is 326 g/mol. The third kappa shape index (κ3) is 4.96. The van der Waals surface area contributed by atoms with Crippen molar-refractivity contribution in [2.45, 2.75) is 33.0 Å². The van der Waals surface area contributed by atoms with Crippen molar-refractivity contribution in [3.05, 3.63) is 83.9 Å². The summed E-state index contributed by atoms with van der Waals surface area (Å²) in [7, 11) is 0. The van der Waals surface area contributed by atoms with Gasteiger partial charge in [-0.15, -0.1) is 0 Å². The monoisotopic (exact) mass is 349 g/mol. The van der Waals surface area contributed by atoms with Crippen LogP contribution < -0.4 is 10.1 Å². The second kappa shape index (κ2) is 8.34. The first-order valence-electron chi connectivity index (χ1n) is 8.68. The molecule has 3 aromatic rings. The number of nitrogens with one attached hydrogen (secondary N) is 1. The van der Waals surface area contributed by atoms with E-state index in [-0.39, 0.29) is 12.0 Å². The number of carbonyl (C=O) groups is 1. The van der Waals surface area contributed by atoms with E-state index in [2.05, 4.69) is 10.3 Å². The molecule has 1 aromatic heterocycles. The van der Waals surface area contributed by atoms with Gasteiger partial charge in [0, 0.05) is 31.0 Å². The molecule has 0 saturated carbocycles. The first-order chi connectivity index (χ1) is 12.6. The Hall–Kier alpha value is -3.08. The van der Waals surface area contributed by atoms with Crippen LogP contribution in [0.3, 0.4) is 0 Å². The van der Waals surface area contributed by atoms with Gasteiger partial charge in [-0.2, -0.15) is 0 Å². The minimum absolute atomic E-state index is 0.0886. The third-order valence-electron chi connectivity index (χ3n) is 3.86. The second-order valence-corrected chi connectivity index (χ2v) is 6.43.